The molecule has 0 bridgehead atoms. The van der Waals surface area contributed by atoms with Crippen LogP contribution in [0.25, 0.3) is 0 Å². The van der Waals surface area contributed by atoms with Gasteiger partial charge in [0.1, 0.15) is 0 Å². The Hall–Kier alpha value is -1.92. The lowest BCUT2D eigenvalue weighted by atomic mass is 10.1. The molecule has 1 saturated carbocycles. The van der Waals surface area contributed by atoms with Gasteiger partial charge < -0.3 is 20.5 Å². The molecule has 1 fully saturated rings. The minimum Gasteiger partial charge on any atom is -0.394 e. The van der Waals surface area contributed by atoms with Crippen molar-refractivity contribution in [1.29, 1.82) is 0 Å². The van der Waals surface area contributed by atoms with Crippen LogP contribution in [0, 0.1) is 6.92 Å². The Labute approximate surface area is 142 Å². The number of rotatable bonds is 7. The van der Waals surface area contributed by atoms with E-state index >= 15 is 0 Å². The zero-order valence-electron chi connectivity index (χ0n) is 14.1. The zero-order valence-corrected chi connectivity index (χ0v) is 14.1. The van der Waals surface area contributed by atoms with E-state index in [0.717, 1.165) is 36.8 Å². The fraction of sp³-hybridized carbons (Fsp3) is 0.556. The van der Waals surface area contributed by atoms with E-state index in [0.29, 0.717) is 0 Å². The number of aliphatic hydroxyl groups excluding tert-OH is 1. The highest BCUT2D eigenvalue weighted by Gasteiger charge is 2.22. The third kappa shape index (κ3) is 5.62. The molecule has 0 saturated heterocycles. The summed E-state index contributed by atoms with van der Waals surface area (Å²) in [5, 5.41) is 14.3. The number of benzene rings is 1. The molecule has 0 radical (unpaired) electrons. The van der Waals surface area contributed by atoms with Crippen molar-refractivity contribution in [2.24, 2.45) is 0 Å². The number of hydrogen-bond donors (Lipinski definition) is 3. The first-order valence-electron chi connectivity index (χ1n) is 8.48. The summed E-state index contributed by atoms with van der Waals surface area (Å²) >= 11 is 0. The highest BCUT2D eigenvalue weighted by Crippen LogP contribution is 2.18. The average molecular weight is 334 g/mol. The fourth-order valence-electron chi connectivity index (χ4n) is 2.84. The predicted octanol–water partition coefficient (Wildman–Crippen LogP) is 1.22. The second-order valence-corrected chi connectivity index (χ2v) is 6.16. The number of aryl methyl sites for hydroxylation is 1. The Bertz CT molecular complexity index is 538. The topological polar surface area (TPSA) is 87.7 Å². The maximum atomic E-state index is 12.0. The molecule has 1 atom stereocenters. The molecule has 6 heteroatoms. The smallest absolute Gasteiger partial charge is 0.309 e. The first-order valence-corrected chi connectivity index (χ1v) is 8.48. The van der Waals surface area contributed by atoms with E-state index < -0.39 is 17.9 Å². The molecule has 0 spiro atoms. The van der Waals surface area contributed by atoms with Crippen molar-refractivity contribution in [2.75, 3.05) is 19.8 Å². The van der Waals surface area contributed by atoms with E-state index in [1.807, 2.05) is 31.2 Å². The Kier molecular flexibility index (Phi) is 7.21. The standard InChI is InChI=1S/C18H26N2O4/c1-13-6-8-14(9-7-13)16(24-11-10-21)12-19-17(22)18(23)20-15-4-2-3-5-15/h6-9,15-16,21H,2-5,10-12H2,1H3,(H,19,22)(H,20,23)/t16-/m0/s1. The third-order valence-corrected chi connectivity index (χ3v) is 4.20. The summed E-state index contributed by atoms with van der Waals surface area (Å²) in [5.74, 6) is -1.24. The number of aliphatic hydroxyl groups is 1. The van der Waals surface area contributed by atoms with Crippen molar-refractivity contribution >= 4 is 11.8 Å². The predicted molar refractivity (Wildman–Crippen MR) is 90.4 cm³/mol. The van der Waals surface area contributed by atoms with E-state index in [-0.39, 0.29) is 25.8 Å². The van der Waals surface area contributed by atoms with Crippen molar-refractivity contribution in [1.82, 2.24) is 10.6 Å². The molecule has 0 heterocycles. The van der Waals surface area contributed by atoms with Crippen LogP contribution >= 0.6 is 0 Å². The molecular weight excluding hydrogens is 308 g/mol. The number of nitrogens with one attached hydrogen (secondary N) is 2. The van der Waals surface area contributed by atoms with E-state index in [4.69, 9.17) is 9.84 Å². The molecule has 6 nitrogen and oxygen atoms in total. The fourth-order valence-corrected chi connectivity index (χ4v) is 2.84. The van der Waals surface area contributed by atoms with Crippen molar-refractivity contribution in [3.05, 3.63) is 35.4 Å². The monoisotopic (exact) mass is 334 g/mol. The Morgan fingerprint density at radius 1 is 1.21 bits per heavy atom. The SMILES string of the molecule is Cc1ccc([C@H](CNC(=O)C(=O)NC2CCCC2)OCCO)cc1. The van der Waals surface area contributed by atoms with Gasteiger partial charge in [0.05, 0.1) is 19.3 Å². The molecular formula is C18H26N2O4. The van der Waals surface area contributed by atoms with Crippen LogP contribution in [0.3, 0.4) is 0 Å². The van der Waals surface area contributed by atoms with Gasteiger partial charge in [-0.1, -0.05) is 42.7 Å². The van der Waals surface area contributed by atoms with Crippen molar-refractivity contribution in [3.8, 4) is 0 Å². The summed E-state index contributed by atoms with van der Waals surface area (Å²) < 4.78 is 5.58. The number of carbonyl (C=O) groups is 2. The van der Waals surface area contributed by atoms with Gasteiger partial charge >= 0.3 is 11.8 Å². The summed E-state index contributed by atoms with van der Waals surface area (Å²) in [6, 6.07) is 7.87. The van der Waals surface area contributed by atoms with Crippen molar-refractivity contribution in [3.63, 3.8) is 0 Å². The quantitative estimate of drug-likeness (QED) is 0.654. The minimum absolute atomic E-state index is 0.0987. The summed E-state index contributed by atoms with van der Waals surface area (Å²) in [4.78, 5) is 23.9. The Balaban J connectivity index is 1.87. The van der Waals surface area contributed by atoms with Gasteiger partial charge in [0.15, 0.2) is 0 Å². The van der Waals surface area contributed by atoms with Gasteiger partial charge in [0.2, 0.25) is 0 Å². The molecule has 1 aromatic rings. The van der Waals surface area contributed by atoms with E-state index in [2.05, 4.69) is 10.6 Å². The molecule has 2 rings (SSSR count). The lowest BCUT2D eigenvalue weighted by Gasteiger charge is -2.19. The Morgan fingerprint density at radius 2 is 1.88 bits per heavy atom. The van der Waals surface area contributed by atoms with Crippen molar-refractivity contribution in [2.45, 2.75) is 44.8 Å². The van der Waals surface area contributed by atoms with E-state index in [1.165, 1.54) is 0 Å². The van der Waals surface area contributed by atoms with Crippen LogP contribution in [-0.4, -0.2) is 42.7 Å². The molecule has 132 valence electrons. The molecule has 1 aliphatic carbocycles. The lowest BCUT2D eigenvalue weighted by molar-refractivity contribution is -0.140. The highest BCUT2D eigenvalue weighted by molar-refractivity contribution is 6.35. The van der Waals surface area contributed by atoms with Crippen LogP contribution in [0.15, 0.2) is 24.3 Å². The summed E-state index contributed by atoms with van der Waals surface area (Å²) in [7, 11) is 0. The zero-order chi connectivity index (χ0) is 17.4. The molecule has 3 N–H and O–H groups in total. The normalized spacial score (nSPS) is 15.9. The van der Waals surface area contributed by atoms with Crippen LogP contribution in [0.5, 0.6) is 0 Å². The van der Waals surface area contributed by atoms with Gasteiger partial charge in [0, 0.05) is 12.6 Å². The van der Waals surface area contributed by atoms with Crippen LogP contribution < -0.4 is 10.6 Å². The molecule has 1 aliphatic rings. The summed E-state index contributed by atoms with van der Waals surface area (Å²) in [5.41, 5.74) is 2.02. The molecule has 0 aliphatic heterocycles. The van der Waals surface area contributed by atoms with Crippen LogP contribution in [0.4, 0.5) is 0 Å². The molecule has 0 aromatic heterocycles. The maximum absolute atomic E-state index is 12.0. The van der Waals surface area contributed by atoms with Gasteiger partial charge in [-0.2, -0.15) is 0 Å². The van der Waals surface area contributed by atoms with Crippen LogP contribution in [-0.2, 0) is 14.3 Å². The first-order chi connectivity index (χ1) is 11.6. The summed E-state index contributed by atoms with van der Waals surface area (Å²) in [6.07, 6.45) is 3.66. The molecule has 24 heavy (non-hydrogen) atoms. The second kappa shape index (κ2) is 9.39. The number of amides is 2. The lowest BCUT2D eigenvalue weighted by Crippen LogP contribution is -2.44. The highest BCUT2D eigenvalue weighted by atomic mass is 16.5. The first kappa shape index (κ1) is 18.4. The van der Waals surface area contributed by atoms with Gasteiger partial charge in [-0.3, -0.25) is 9.59 Å². The van der Waals surface area contributed by atoms with Crippen LogP contribution in [0.1, 0.15) is 42.9 Å². The van der Waals surface area contributed by atoms with Gasteiger partial charge in [-0.25, -0.2) is 0 Å². The van der Waals surface area contributed by atoms with Gasteiger partial charge in [-0.05, 0) is 25.3 Å². The summed E-state index contributed by atoms with van der Waals surface area (Å²) in [6.45, 7) is 2.24. The van der Waals surface area contributed by atoms with Gasteiger partial charge in [0.25, 0.3) is 0 Å². The van der Waals surface area contributed by atoms with Crippen molar-refractivity contribution < 1.29 is 19.4 Å². The van der Waals surface area contributed by atoms with E-state index in [1.54, 1.807) is 0 Å². The minimum atomic E-state index is -0.647. The number of carbonyl (C=O) groups excluding carboxylic acids is 2. The van der Waals surface area contributed by atoms with E-state index in [9.17, 15) is 9.59 Å². The number of ether oxygens (including phenoxy) is 1. The molecule has 2 amide bonds. The Morgan fingerprint density at radius 3 is 2.50 bits per heavy atom. The average Bonchev–Trinajstić information content (AvgIpc) is 3.08. The van der Waals surface area contributed by atoms with Gasteiger partial charge in [-0.15, -0.1) is 0 Å². The third-order valence-electron chi connectivity index (χ3n) is 4.20. The largest absolute Gasteiger partial charge is 0.394 e. The maximum Gasteiger partial charge on any atom is 0.309 e. The number of hydrogen-bond acceptors (Lipinski definition) is 4. The molecule has 1 aromatic carbocycles. The van der Waals surface area contributed by atoms with Crippen LogP contribution in [0.2, 0.25) is 0 Å². The molecule has 0 unspecified atom stereocenters. The second-order valence-electron chi connectivity index (χ2n) is 6.16.